The molecular formula is C20H22N4O2. The van der Waals surface area contributed by atoms with Crippen molar-refractivity contribution < 1.29 is 9.53 Å². The maximum absolute atomic E-state index is 12.8. The lowest BCUT2D eigenvalue weighted by molar-refractivity contribution is 0.0628. The van der Waals surface area contributed by atoms with Crippen molar-refractivity contribution >= 4 is 11.7 Å². The van der Waals surface area contributed by atoms with Crippen molar-refractivity contribution in [2.24, 2.45) is 5.92 Å². The van der Waals surface area contributed by atoms with Gasteiger partial charge in [-0.1, -0.05) is 17.7 Å². The molecule has 4 rings (SSSR count). The summed E-state index contributed by atoms with van der Waals surface area (Å²) in [6.45, 7) is 4.15. The third kappa shape index (κ3) is 3.54. The van der Waals surface area contributed by atoms with E-state index >= 15 is 0 Å². The number of piperidine rings is 1. The Bertz CT molecular complexity index is 871. The SMILES string of the molecule is Cc1ccc(OC[C@H]2CCCN(C(=O)c3cn4cccnc4n3)C2)cc1. The van der Waals surface area contributed by atoms with Crippen LogP contribution in [0.25, 0.3) is 5.78 Å². The molecule has 0 bridgehead atoms. The van der Waals surface area contributed by atoms with Crippen LogP contribution >= 0.6 is 0 Å². The van der Waals surface area contributed by atoms with Gasteiger partial charge in [0.15, 0.2) is 0 Å². The highest BCUT2D eigenvalue weighted by Crippen LogP contribution is 2.20. The van der Waals surface area contributed by atoms with Crippen LogP contribution < -0.4 is 4.74 Å². The van der Waals surface area contributed by atoms with Gasteiger partial charge in [0.2, 0.25) is 5.78 Å². The van der Waals surface area contributed by atoms with Crippen LogP contribution in [0, 0.1) is 12.8 Å². The first kappa shape index (κ1) is 16.6. The summed E-state index contributed by atoms with van der Waals surface area (Å²) in [7, 11) is 0. The molecule has 1 amide bonds. The maximum atomic E-state index is 12.8. The Morgan fingerprint density at radius 3 is 2.96 bits per heavy atom. The van der Waals surface area contributed by atoms with Crippen LogP contribution in [0.4, 0.5) is 0 Å². The number of nitrogens with zero attached hydrogens (tertiary/aromatic N) is 4. The number of amides is 1. The number of hydrogen-bond acceptors (Lipinski definition) is 4. The van der Waals surface area contributed by atoms with Gasteiger partial charge in [0, 0.05) is 37.6 Å². The van der Waals surface area contributed by atoms with Gasteiger partial charge in [-0.2, -0.15) is 0 Å². The second-order valence-electron chi connectivity index (χ2n) is 6.84. The Morgan fingerprint density at radius 2 is 2.15 bits per heavy atom. The van der Waals surface area contributed by atoms with Crippen molar-refractivity contribution in [2.45, 2.75) is 19.8 Å². The summed E-state index contributed by atoms with van der Waals surface area (Å²) < 4.78 is 7.69. The minimum atomic E-state index is -0.0319. The highest BCUT2D eigenvalue weighted by molar-refractivity contribution is 5.92. The smallest absolute Gasteiger partial charge is 0.274 e. The van der Waals surface area contributed by atoms with Gasteiger partial charge in [-0.15, -0.1) is 0 Å². The van der Waals surface area contributed by atoms with Crippen LogP contribution in [0.2, 0.25) is 0 Å². The van der Waals surface area contributed by atoms with Gasteiger partial charge in [-0.05, 0) is 38.0 Å². The molecule has 0 spiro atoms. The zero-order chi connectivity index (χ0) is 17.9. The number of carbonyl (C=O) groups excluding carboxylic acids is 1. The molecule has 134 valence electrons. The number of ether oxygens (including phenoxy) is 1. The van der Waals surface area contributed by atoms with E-state index in [1.807, 2.05) is 41.4 Å². The monoisotopic (exact) mass is 350 g/mol. The quantitative estimate of drug-likeness (QED) is 0.726. The molecule has 1 fully saturated rings. The molecule has 1 saturated heterocycles. The third-order valence-electron chi connectivity index (χ3n) is 4.77. The number of benzene rings is 1. The normalized spacial score (nSPS) is 17.4. The van der Waals surface area contributed by atoms with Gasteiger partial charge in [0.1, 0.15) is 11.4 Å². The van der Waals surface area contributed by atoms with E-state index in [4.69, 9.17) is 4.74 Å². The standard InChI is InChI=1S/C20H22N4O2/c1-15-5-7-17(8-6-15)26-14-16-4-2-10-23(12-16)19(25)18-13-24-11-3-9-21-20(24)22-18/h3,5-9,11,13,16H,2,4,10,12,14H2,1H3/t16-/m0/s1. The first-order valence-electron chi connectivity index (χ1n) is 8.97. The van der Waals surface area contributed by atoms with Crippen LogP contribution in [0.5, 0.6) is 5.75 Å². The summed E-state index contributed by atoms with van der Waals surface area (Å²) in [5, 5.41) is 0. The number of hydrogen-bond donors (Lipinski definition) is 0. The zero-order valence-electron chi connectivity index (χ0n) is 14.8. The van der Waals surface area contributed by atoms with Gasteiger partial charge < -0.3 is 9.64 Å². The van der Waals surface area contributed by atoms with E-state index < -0.39 is 0 Å². The average molecular weight is 350 g/mol. The maximum Gasteiger partial charge on any atom is 0.274 e. The lowest BCUT2D eigenvalue weighted by Gasteiger charge is -2.32. The van der Waals surface area contributed by atoms with Gasteiger partial charge in [-0.25, -0.2) is 9.97 Å². The average Bonchev–Trinajstić information content (AvgIpc) is 3.11. The number of carbonyl (C=O) groups is 1. The molecule has 1 aromatic carbocycles. The van der Waals surface area contributed by atoms with Crippen LogP contribution in [-0.2, 0) is 0 Å². The first-order chi connectivity index (χ1) is 12.7. The molecule has 3 heterocycles. The third-order valence-corrected chi connectivity index (χ3v) is 4.77. The second kappa shape index (κ2) is 7.15. The number of likely N-dealkylation sites (tertiary alicyclic amines) is 1. The van der Waals surface area contributed by atoms with Crippen LogP contribution in [0.15, 0.2) is 48.9 Å². The van der Waals surface area contributed by atoms with Gasteiger partial charge in [-0.3, -0.25) is 9.20 Å². The van der Waals surface area contributed by atoms with Gasteiger partial charge in [0.25, 0.3) is 5.91 Å². The number of aryl methyl sites for hydroxylation is 1. The largest absolute Gasteiger partial charge is 0.493 e. The molecule has 0 unspecified atom stereocenters. The number of imidazole rings is 1. The van der Waals surface area contributed by atoms with Crippen molar-refractivity contribution in [1.82, 2.24) is 19.3 Å². The lowest BCUT2D eigenvalue weighted by Crippen LogP contribution is -2.41. The number of fused-ring (bicyclic) bond motifs is 1. The molecule has 2 aromatic heterocycles. The molecular weight excluding hydrogens is 328 g/mol. The molecule has 0 saturated carbocycles. The molecule has 0 N–H and O–H groups in total. The predicted octanol–water partition coefficient (Wildman–Crippen LogP) is 2.97. The van der Waals surface area contributed by atoms with Crippen molar-refractivity contribution in [2.75, 3.05) is 19.7 Å². The fraction of sp³-hybridized carbons (Fsp3) is 0.350. The summed E-state index contributed by atoms with van der Waals surface area (Å²) >= 11 is 0. The minimum Gasteiger partial charge on any atom is -0.493 e. The Kier molecular flexibility index (Phi) is 4.56. The van der Waals surface area contributed by atoms with Crippen molar-refractivity contribution in [3.63, 3.8) is 0 Å². The Balaban J connectivity index is 1.39. The molecule has 6 heteroatoms. The fourth-order valence-corrected chi connectivity index (χ4v) is 3.33. The number of aromatic nitrogens is 3. The zero-order valence-corrected chi connectivity index (χ0v) is 14.8. The van der Waals surface area contributed by atoms with Gasteiger partial charge in [0.05, 0.1) is 6.61 Å². The molecule has 0 aliphatic carbocycles. The highest BCUT2D eigenvalue weighted by Gasteiger charge is 2.26. The summed E-state index contributed by atoms with van der Waals surface area (Å²) in [6, 6.07) is 9.89. The van der Waals surface area contributed by atoms with E-state index in [1.54, 1.807) is 16.8 Å². The van der Waals surface area contributed by atoms with E-state index in [1.165, 1.54) is 5.56 Å². The molecule has 3 aromatic rings. The molecule has 0 radical (unpaired) electrons. The summed E-state index contributed by atoms with van der Waals surface area (Å²) in [5.74, 6) is 1.73. The van der Waals surface area contributed by atoms with E-state index in [0.717, 1.165) is 25.1 Å². The van der Waals surface area contributed by atoms with Crippen molar-refractivity contribution in [3.8, 4) is 5.75 Å². The minimum absolute atomic E-state index is 0.0319. The molecule has 26 heavy (non-hydrogen) atoms. The van der Waals surface area contributed by atoms with Crippen LogP contribution in [-0.4, -0.2) is 44.9 Å². The van der Waals surface area contributed by atoms with Crippen molar-refractivity contribution in [3.05, 3.63) is 60.2 Å². The van der Waals surface area contributed by atoms with Crippen LogP contribution in [0.1, 0.15) is 28.9 Å². The van der Waals surface area contributed by atoms with Crippen LogP contribution in [0.3, 0.4) is 0 Å². The predicted molar refractivity (Wildman–Crippen MR) is 98.3 cm³/mol. The summed E-state index contributed by atoms with van der Waals surface area (Å²) in [6.07, 6.45) is 7.33. The molecule has 6 nitrogen and oxygen atoms in total. The number of rotatable bonds is 4. The topological polar surface area (TPSA) is 59.7 Å². The van der Waals surface area contributed by atoms with E-state index in [2.05, 4.69) is 16.9 Å². The Hall–Kier alpha value is -2.89. The molecule has 1 atom stereocenters. The molecule has 1 aliphatic heterocycles. The second-order valence-corrected chi connectivity index (χ2v) is 6.84. The fourth-order valence-electron chi connectivity index (χ4n) is 3.33. The van der Waals surface area contributed by atoms with E-state index in [9.17, 15) is 4.79 Å². The molecule has 1 aliphatic rings. The Labute approximate surface area is 152 Å². The van der Waals surface area contributed by atoms with E-state index in [0.29, 0.717) is 30.5 Å². The lowest BCUT2D eigenvalue weighted by atomic mass is 9.98. The summed E-state index contributed by atoms with van der Waals surface area (Å²) in [5.41, 5.74) is 1.66. The highest BCUT2D eigenvalue weighted by atomic mass is 16.5. The first-order valence-corrected chi connectivity index (χ1v) is 8.97. The summed E-state index contributed by atoms with van der Waals surface area (Å²) in [4.78, 5) is 23.2. The van der Waals surface area contributed by atoms with Crippen molar-refractivity contribution in [1.29, 1.82) is 0 Å². The Morgan fingerprint density at radius 1 is 1.31 bits per heavy atom. The van der Waals surface area contributed by atoms with Gasteiger partial charge >= 0.3 is 0 Å². The van der Waals surface area contributed by atoms with E-state index in [-0.39, 0.29) is 5.91 Å².